The molecular weight excluding hydrogens is 160 g/mol. The monoisotopic (exact) mass is 172 g/mol. The molecule has 2 aromatic carbocycles. The lowest BCUT2D eigenvalue weighted by Gasteiger charge is -1.99. The molecule has 0 atom stereocenters. The molecule has 0 saturated carbocycles. The van der Waals surface area contributed by atoms with Crippen molar-refractivity contribution in [3.05, 3.63) is 42.5 Å². The third-order valence-electron chi connectivity index (χ3n) is 2.22. The van der Waals surface area contributed by atoms with Gasteiger partial charge in [-0.1, -0.05) is 54.2 Å². The van der Waals surface area contributed by atoms with Gasteiger partial charge in [0, 0.05) is 0 Å². The number of benzene rings is 2. The molecule has 12 heavy (non-hydrogen) atoms. The highest BCUT2D eigenvalue weighted by molar-refractivity contribution is 6.52. The van der Waals surface area contributed by atoms with Gasteiger partial charge in [-0.05, 0) is 10.8 Å². The van der Waals surface area contributed by atoms with Gasteiger partial charge >= 0.3 is 0 Å². The van der Waals surface area contributed by atoms with Gasteiger partial charge < -0.3 is 0 Å². The molecule has 0 bridgehead atoms. The molecule has 0 aliphatic heterocycles. The van der Waals surface area contributed by atoms with Gasteiger partial charge in [-0.15, -0.1) is 0 Å². The van der Waals surface area contributed by atoms with Gasteiger partial charge in [0.25, 0.3) is 0 Å². The first-order chi connectivity index (χ1) is 5.90. The second-order valence-corrected chi connectivity index (χ2v) is 4.56. The van der Waals surface area contributed by atoms with E-state index in [1.807, 2.05) is 0 Å². The summed E-state index contributed by atoms with van der Waals surface area (Å²) in [5.41, 5.74) is 0. The van der Waals surface area contributed by atoms with Crippen molar-refractivity contribution in [2.45, 2.75) is 6.55 Å². The molecule has 0 radical (unpaired) electrons. The fourth-order valence-corrected chi connectivity index (χ4v) is 2.24. The standard InChI is InChI=1S/C11H12Si/c1-12-11-7-6-9-4-2-3-5-10(9)8-11/h2-8H,12H2,1H3. The number of hydrogen-bond donors (Lipinski definition) is 0. The van der Waals surface area contributed by atoms with E-state index in [1.54, 1.807) is 5.19 Å². The van der Waals surface area contributed by atoms with E-state index in [0.717, 1.165) is 0 Å². The molecule has 0 saturated heterocycles. The average molecular weight is 172 g/mol. The molecule has 0 aromatic heterocycles. The Hall–Kier alpha value is -1.08. The Labute approximate surface area is 75.1 Å². The molecule has 1 heteroatoms. The maximum absolute atomic E-state index is 2.32. The van der Waals surface area contributed by atoms with E-state index in [1.165, 1.54) is 10.8 Å². The Bertz CT molecular complexity index is 393. The molecule has 2 rings (SSSR count). The molecule has 0 nitrogen and oxygen atoms in total. The lowest BCUT2D eigenvalue weighted by Crippen LogP contribution is -2.08. The third kappa shape index (κ3) is 1.28. The van der Waals surface area contributed by atoms with E-state index in [4.69, 9.17) is 0 Å². The Balaban J connectivity index is 2.67. The summed E-state index contributed by atoms with van der Waals surface area (Å²) in [4.78, 5) is 0. The highest BCUT2D eigenvalue weighted by Gasteiger charge is 1.92. The zero-order valence-electron chi connectivity index (χ0n) is 7.25. The van der Waals surface area contributed by atoms with E-state index in [0.29, 0.717) is 0 Å². The predicted octanol–water partition coefficient (Wildman–Crippen LogP) is 1.68. The summed E-state index contributed by atoms with van der Waals surface area (Å²) in [7, 11) is 0.00303. The molecule has 0 aliphatic rings. The summed E-state index contributed by atoms with van der Waals surface area (Å²) in [6.45, 7) is 2.32. The molecule has 0 aliphatic carbocycles. The lowest BCUT2D eigenvalue weighted by molar-refractivity contribution is 1.78. The van der Waals surface area contributed by atoms with E-state index >= 15 is 0 Å². The molecular formula is C11H12Si. The van der Waals surface area contributed by atoms with Crippen LogP contribution >= 0.6 is 0 Å². The Morgan fingerprint density at radius 1 is 0.917 bits per heavy atom. The van der Waals surface area contributed by atoms with Gasteiger partial charge in [0.05, 0.1) is 9.52 Å². The zero-order chi connectivity index (χ0) is 8.39. The number of hydrogen-bond acceptors (Lipinski definition) is 0. The smallest absolute Gasteiger partial charge is 0.0517 e. The Morgan fingerprint density at radius 2 is 1.67 bits per heavy atom. The van der Waals surface area contributed by atoms with Crippen molar-refractivity contribution >= 4 is 25.5 Å². The van der Waals surface area contributed by atoms with E-state index < -0.39 is 0 Å². The van der Waals surface area contributed by atoms with Crippen LogP contribution in [0, 0.1) is 0 Å². The second-order valence-electron chi connectivity index (χ2n) is 3.04. The summed E-state index contributed by atoms with van der Waals surface area (Å²) >= 11 is 0. The topological polar surface area (TPSA) is 0 Å². The van der Waals surface area contributed by atoms with Crippen LogP contribution in [0.3, 0.4) is 0 Å². The zero-order valence-corrected chi connectivity index (χ0v) is 8.66. The van der Waals surface area contributed by atoms with Crippen LogP contribution in [-0.2, 0) is 0 Å². The number of rotatable bonds is 1. The van der Waals surface area contributed by atoms with Crippen molar-refractivity contribution in [3.63, 3.8) is 0 Å². The van der Waals surface area contributed by atoms with Crippen molar-refractivity contribution in [1.29, 1.82) is 0 Å². The first-order valence-corrected chi connectivity index (χ1v) is 6.50. The second kappa shape index (κ2) is 3.11. The highest BCUT2D eigenvalue weighted by atomic mass is 28.2. The van der Waals surface area contributed by atoms with Crippen molar-refractivity contribution in [2.75, 3.05) is 0 Å². The summed E-state index contributed by atoms with van der Waals surface area (Å²) in [6.07, 6.45) is 0. The quantitative estimate of drug-likeness (QED) is 0.574. The Kier molecular flexibility index (Phi) is 1.96. The Morgan fingerprint density at radius 3 is 2.42 bits per heavy atom. The van der Waals surface area contributed by atoms with Crippen molar-refractivity contribution in [3.8, 4) is 0 Å². The summed E-state index contributed by atoms with van der Waals surface area (Å²) in [6, 6.07) is 15.3. The van der Waals surface area contributed by atoms with Gasteiger partial charge in [0.1, 0.15) is 0 Å². The molecule has 0 unspecified atom stereocenters. The molecule has 2 aromatic rings. The molecule has 0 fully saturated rings. The van der Waals surface area contributed by atoms with Crippen LogP contribution in [0.5, 0.6) is 0 Å². The van der Waals surface area contributed by atoms with E-state index in [9.17, 15) is 0 Å². The predicted molar refractivity (Wildman–Crippen MR) is 58.0 cm³/mol. The van der Waals surface area contributed by atoms with Crippen LogP contribution in [0.2, 0.25) is 6.55 Å². The summed E-state index contributed by atoms with van der Waals surface area (Å²) < 4.78 is 0. The van der Waals surface area contributed by atoms with Crippen LogP contribution in [0.15, 0.2) is 42.5 Å². The maximum Gasteiger partial charge on any atom is 0.0517 e. The summed E-state index contributed by atoms with van der Waals surface area (Å²) in [5, 5.41) is 4.28. The average Bonchev–Trinajstić information content (AvgIpc) is 2.17. The first kappa shape index (κ1) is 7.56. The molecule has 0 heterocycles. The minimum absolute atomic E-state index is 0.00303. The maximum atomic E-state index is 2.32. The molecule has 0 N–H and O–H groups in total. The SMILES string of the molecule is C[SiH2]c1ccc2ccccc2c1. The van der Waals surface area contributed by atoms with Crippen molar-refractivity contribution in [2.24, 2.45) is 0 Å². The van der Waals surface area contributed by atoms with Crippen LogP contribution in [0.4, 0.5) is 0 Å². The van der Waals surface area contributed by atoms with Gasteiger partial charge in [-0.25, -0.2) is 0 Å². The van der Waals surface area contributed by atoms with Crippen molar-refractivity contribution in [1.82, 2.24) is 0 Å². The van der Waals surface area contributed by atoms with Gasteiger partial charge in [-0.3, -0.25) is 0 Å². The fraction of sp³-hybridized carbons (Fsp3) is 0.0909. The third-order valence-corrected chi connectivity index (χ3v) is 3.48. The van der Waals surface area contributed by atoms with Crippen molar-refractivity contribution < 1.29 is 0 Å². The van der Waals surface area contributed by atoms with Crippen LogP contribution < -0.4 is 5.19 Å². The minimum atomic E-state index is 0.00303. The fourth-order valence-electron chi connectivity index (χ4n) is 1.46. The molecule has 60 valence electrons. The molecule has 0 spiro atoms. The first-order valence-electron chi connectivity index (χ1n) is 4.38. The summed E-state index contributed by atoms with van der Waals surface area (Å²) in [5.74, 6) is 0. The minimum Gasteiger partial charge on any atom is -0.0708 e. The van der Waals surface area contributed by atoms with Gasteiger partial charge in [0.2, 0.25) is 0 Å². The van der Waals surface area contributed by atoms with Crippen LogP contribution in [0.1, 0.15) is 0 Å². The van der Waals surface area contributed by atoms with Crippen LogP contribution in [0.25, 0.3) is 10.8 Å². The van der Waals surface area contributed by atoms with Gasteiger partial charge in [-0.2, -0.15) is 0 Å². The van der Waals surface area contributed by atoms with Gasteiger partial charge in [0.15, 0.2) is 0 Å². The van der Waals surface area contributed by atoms with Crippen LogP contribution in [-0.4, -0.2) is 9.52 Å². The molecule has 0 amide bonds. The largest absolute Gasteiger partial charge is 0.0708 e. The van der Waals surface area contributed by atoms with E-state index in [2.05, 4.69) is 49.0 Å². The highest BCUT2D eigenvalue weighted by Crippen LogP contribution is 2.10. The van der Waals surface area contributed by atoms with E-state index in [-0.39, 0.29) is 9.52 Å². The number of fused-ring (bicyclic) bond motifs is 1. The normalized spacial score (nSPS) is 11.4. The lowest BCUT2D eigenvalue weighted by atomic mass is 10.1.